The molecular weight excluding hydrogens is 259 g/mol. The van der Waals surface area contributed by atoms with Crippen LogP contribution in [-0.4, -0.2) is 18.2 Å². The third-order valence-corrected chi connectivity index (χ3v) is 3.38. The van der Waals surface area contributed by atoms with Gasteiger partial charge >= 0.3 is 0 Å². The SMILES string of the molecule is C[C@@H]1CCCC/C1=N/NC(=O)COc1cccc(F)c1. The summed E-state index contributed by atoms with van der Waals surface area (Å²) in [5.41, 5.74) is 3.54. The molecule has 1 amide bonds. The number of ether oxygens (including phenoxy) is 1. The van der Waals surface area contributed by atoms with Crippen molar-refractivity contribution in [2.24, 2.45) is 11.0 Å². The minimum atomic E-state index is -0.390. The van der Waals surface area contributed by atoms with Crippen LogP contribution in [0.5, 0.6) is 5.75 Å². The number of nitrogens with zero attached hydrogens (tertiary/aromatic N) is 1. The highest BCUT2D eigenvalue weighted by molar-refractivity contribution is 5.88. The Morgan fingerprint density at radius 2 is 2.35 bits per heavy atom. The maximum atomic E-state index is 12.9. The second kappa shape index (κ2) is 7.03. The van der Waals surface area contributed by atoms with E-state index in [0.29, 0.717) is 11.7 Å². The number of benzene rings is 1. The first-order valence-corrected chi connectivity index (χ1v) is 6.89. The van der Waals surface area contributed by atoms with Crippen LogP contribution in [0, 0.1) is 11.7 Å². The Bertz CT molecular complexity index is 502. The minimum Gasteiger partial charge on any atom is -0.484 e. The third-order valence-electron chi connectivity index (χ3n) is 3.38. The van der Waals surface area contributed by atoms with Crippen LogP contribution in [0.15, 0.2) is 29.4 Å². The number of halogens is 1. The number of amides is 1. The highest BCUT2D eigenvalue weighted by Gasteiger charge is 2.16. The molecule has 1 aromatic carbocycles. The zero-order valence-electron chi connectivity index (χ0n) is 11.6. The van der Waals surface area contributed by atoms with Gasteiger partial charge in [0.05, 0.1) is 0 Å². The standard InChI is InChI=1S/C15H19FN2O2/c1-11-5-2-3-8-14(11)17-18-15(19)10-20-13-7-4-6-12(16)9-13/h4,6-7,9,11H,2-3,5,8,10H2,1H3,(H,18,19)/b17-14-/t11-/m1/s1. The largest absolute Gasteiger partial charge is 0.484 e. The molecule has 0 heterocycles. The van der Waals surface area contributed by atoms with E-state index in [1.807, 2.05) is 0 Å². The molecule has 4 nitrogen and oxygen atoms in total. The quantitative estimate of drug-likeness (QED) is 0.861. The first-order chi connectivity index (χ1) is 9.65. The lowest BCUT2D eigenvalue weighted by Crippen LogP contribution is -2.28. The molecule has 1 aromatic rings. The fourth-order valence-electron chi connectivity index (χ4n) is 2.21. The maximum Gasteiger partial charge on any atom is 0.277 e. The highest BCUT2D eigenvalue weighted by Crippen LogP contribution is 2.20. The van der Waals surface area contributed by atoms with E-state index in [9.17, 15) is 9.18 Å². The predicted molar refractivity (Wildman–Crippen MR) is 75.1 cm³/mol. The summed E-state index contributed by atoms with van der Waals surface area (Å²) in [7, 11) is 0. The normalized spacial score (nSPS) is 20.7. The van der Waals surface area contributed by atoms with Crippen LogP contribution in [0.1, 0.15) is 32.6 Å². The van der Waals surface area contributed by atoms with Crippen molar-refractivity contribution in [2.75, 3.05) is 6.61 Å². The summed E-state index contributed by atoms with van der Waals surface area (Å²) in [5, 5.41) is 4.16. The Hall–Kier alpha value is -1.91. The van der Waals surface area contributed by atoms with Crippen LogP contribution in [0.25, 0.3) is 0 Å². The molecule has 5 heteroatoms. The summed E-state index contributed by atoms with van der Waals surface area (Å²) in [4.78, 5) is 11.6. The molecule has 1 fully saturated rings. The molecule has 2 rings (SSSR count). The van der Waals surface area contributed by atoms with Crippen LogP contribution in [0.4, 0.5) is 4.39 Å². The Morgan fingerprint density at radius 3 is 3.10 bits per heavy atom. The highest BCUT2D eigenvalue weighted by atomic mass is 19.1. The lowest BCUT2D eigenvalue weighted by Gasteiger charge is -2.19. The van der Waals surface area contributed by atoms with E-state index in [0.717, 1.165) is 25.0 Å². The third kappa shape index (κ3) is 4.33. The Balaban J connectivity index is 1.79. The van der Waals surface area contributed by atoms with E-state index < -0.39 is 0 Å². The summed E-state index contributed by atoms with van der Waals surface area (Å²) in [6.45, 7) is 1.95. The van der Waals surface area contributed by atoms with Crippen molar-refractivity contribution in [3.8, 4) is 5.75 Å². The number of rotatable bonds is 4. The number of carbonyl (C=O) groups is 1. The zero-order valence-corrected chi connectivity index (χ0v) is 11.6. The van der Waals surface area contributed by atoms with Crippen molar-refractivity contribution in [3.05, 3.63) is 30.1 Å². The van der Waals surface area contributed by atoms with Gasteiger partial charge in [0.15, 0.2) is 6.61 Å². The second-order valence-corrected chi connectivity index (χ2v) is 5.03. The molecule has 0 aromatic heterocycles. The van der Waals surface area contributed by atoms with Gasteiger partial charge < -0.3 is 4.74 Å². The van der Waals surface area contributed by atoms with Crippen LogP contribution in [0.3, 0.4) is 0 Å². The van der Waals surface area contributed by atoms with E-state index in [1.54, 1.807) is 6.07 Å². The number of carbonyl (C=O) groups excluding carboxylic acids is 1. The van der Waals surface area contributed by atoms with E-state index >= 15 is 0 Å². The predicted octanol–water partition coefficient (Wildman–Crippen LogP) is 2.89. The molecule has 0 radical (unpaired) electrons. The summed E-state index contributed by atoms with van der Waals surface area (Å²) in [6, 6.07) is 5.70. The van der Waals surface area contributed by atoms with Gasteiger partial charge in [0.2, 0.25) is 0 Å². The van der Waals surface area contributed by atoms with Crippen LogP contribution >= 0.6 is 0 Å². The van der Waals surface area contributed by atoms with Crippen LogP contribution in [-0.2, 0) is 4.79 Å². The number of hydrogen-bond acceptors (Lipinski definition) is 3. The van der Waals surface area contributed by atoms with Crippen molar-refractivity contribution in [3.63, 3.8) is 0 Å². The molecule has 0 unspecified atom stereocenters. The van der Waals surface area contributed by atoms with Gasteiger partial charge in [-0.05, 0) is 37.3 Å². The van der Waals surface area contributed by atoms with Gasteiger partial charge in [-0.1, -0.05) is 19.4 Å². The Morgan fingerprint density at radius 1 is 1.50 bits per heavy atom. The van der Waals surface area contributed by atoms with Crippen LogP contribution in [0.2, 0.25) is 0 Å². The summed E-state index contributed by atoms with van der Waals surface area (Å²) in [6.07, 6.45) is 4.40. The number of hydrazone groups is 1. The molecule has 1 aliphatic rings. The maximum absolute atomic E-state index is 12.9. The topological polar surface area (TPSA) is 50.7 Å². The molecular formula is C15H19FN2O2. The van der Waals surface area contributed by atoms with E-state index in [2.05, 4.69) is 17.5 Å². The summed E-state index contributed by atoms with van der Waals surface area (Å²) in [5.74, 6) is 0.0331. The molecule has 0 aliphatic heterocycles. The second-order valence-electron chi connectivity index (χ2n) is 5.03. The molecule has 108 valence electrons. The van der Waals surface area contributed by atoms with Crippen molar-refractivity contribution < 1.29 is 13.9 Å². The van der Waals surface area contributed by atoms with Gasteiger partial charge in [-0.2, -0.15) is 5.10 Å². The number of nitrogens with one attached hydrogen (secondary N) is 1. The van der Waals surface area contributed by atoms with Crippen molar-refractivity contribution in [1.82, 2.24) is 5.43 Å². The molecule has 0 bridgehead atoms. The van der Waals surface area contributed by atoms with Gasteiger partial charge in [-0.15, -0.1) is 0 Å². The molecule has 0 saturated heterocycles. The lowest BCUT2D eigenvalue weighted by atomic mass is 9.89. The molecule has 1 atom stereocenters. The fourth-order valence-corrected chi connectivity index (χ4v) is 2.21. The van der Waals surface area contributed by atoms with Gasteiger partial charge in [-0.25, -0.2) is 9.82 Å². The fraction of sp³-hybridized carbons (Fsp3) is 0.467. The average molecular weight is 278 g/mol. The lowest BCUT2D eigenvalue weighted by molar-refractivity contribution is -0.123. The zero-order chi connectivity index (χ0) is 14.4. The van der Waals surface area contributed by atoms with E-state index in [-0.39, 0.29) is 18.3 Å². The van der Waals surface area contributed by atoms with E-state index in [4.69, 9.17) is 4.74 Å². The van der Waals surface area contributed by atoms with Crippen molar-refractivity contribution >= 4 is 11.6 Å². The minimum absolute atomic E-state index is 0.172. The van der Waals surface area contributed by atoms with Gasteiger partial charge in [0.25, 0.3) is 5.91 Å². The summed E-state index contributed by atoms with van der Waals surface area (Å²) >= 11 is 0. The molecule has 0 spiro atoms. The average Bonchev–Trinajstić information content (AvgIpc) is 2.44. The first kappa shape index (κ1) is 14.5. The van der Waals surface area contributed by atoms with Gasteiger partial charge in [0.1, 0.15) is 11.6 Å². The molecule has 1 saturated carbocycles. The Kier molecular flexibility index (Phi) is 5.09. The summed E-state index contributed by atoms with van der Waals surface area (Å²) < 4.78 is 18.1. The van der Waals surface area contributed by atoms with Crippen LogP contribution < -0.4 is 10.2 Å². The van der Waals surface area contributed by atoms with Gasteiger partial charge in [-0.3, -0.25) is 4.79 Å². The smallest absolute Gasteiger partial charge is 0.277 e. The number of hydrogen-bond donors (Lipinski definition) is 1. The van der Waals surface area contributed by atoms with Gasteiger partial charge in [0, 0.05) is 11.8 Å². The molecule has 1 aliphatic carbocycles. The van der Waals surface area contributed by atoms with Crippen molar-refractivity contribution in [2.45, 2.75) is 32.6 Å². The molecule has 1 N–H and O–H groups in total. The Labute approximate surface area is 118 Å². The molecule has 20 heavy (non-hydrogen) atoms. The van der Waals surface area contributed by atoms with E-state index in [1.165, 1.54) is 24.6 Å². The first-order valence-electron chi connectivity index (χ1n) is 6.89. The monoisotopic (exact) mass is 278 g/mol. The van der Waals surface area contributed by atoms with Crippen molar-refractivity contribution in [1.29, 1.82) is 0 Å².